The van der Waals surface area contributed by atoms with Crippen molar-refractivity contribution in [2.45, 2.75) is 6.04 Å². The number of amides is 1. The molecule has 1 amide bonds. The van der Waals surface area contributed by atoms with Gasteiger partial charge in [0.15, 0.2) is 5.69 Å². The summed E-state index contributed by atoms with van der Waals surface area (Å²) in [6.07, 6.45) is 0. The third-order valence-corrected chi connectivity index (χ3v) is 5.14. The number of piperazine rings is 1. The molecule has 0 aliphatic carbocycles. The van der Waals surface area contributed by atoms with E-state index in [1.54, 1.807) is 34.8 Å². The van der Waals surface area contributed by atoms with Gasteiger partial charge in [0.25, 0.3) is 5.91 Å². The standard InChI is InChI=1S/C20H19ClN4O2.ClH/c1-24-16-8-3-2-7-15(16)19(26)18(23-24)20(27)25-10-9-22-12-17(25)13-5-4-6-14(21)11-13;/h2-8,11,17,22H,9-10,12H2,1H3;1H. The van der Waals surface area contributed by atoms with Gasteiger partial charge in [-0.2, -0.15) is 5.10 Å². The van der Waals surface area contributed by atoms with Crippen LogP contribution in [0.15, 0.2) is 53.3 Å². The number of aryl methyl sites for hydroxylation is 1. The normalized spacial score (nSPS) is 16.6. The summed E-state index contributed by atoms with van der Waals surface area (Å²) in [7, 11) is 1.74. The molecule has 1 N–H and O–H groups in total. The Hall–Kier alpha value is -2.41. The molecule has 0 radical (unpaired) electrons. The first-order chi connectivity index (χ1) is 13.1. The van der Waals surface area contributed by atoms with Gasteiger partial charge in [0.1, 0.15) is 0 Å². The zero-order chi connectivity index (χ0) is 19.0. The molecule has 8 heteroatoms. The first kappa shape index (κ1) is 20.3. The molecular weight excluding hydrogens is 399 g/mol. The zero-order valence-electron chi connectivity index (χ0n) is 15.3. The number of hydrogen-bond donors (Lipinski definition) is 1. The smallest absolute Gasteiger partial charge is 0.279 e. The van der Waals surface area contributed by atoms with E-state index >= 15 is 0 Å². The number of rotatable bonds is 2. The molecule has 0 saturated carbocycles. The van der Waals surface area contributed by atoms with Crippen LogP contribution in [-0.4, -0.2) is 40.2 Å². The first-order valence-corrected chi connectivity index (χ1v) is 9.17. The van der Waals surface area contributed by atoms with Gasteiger partial charge in [-0.05, 0) is 29.8 Å². The molecule has 3 aromatic rings. The van der Waals surface area contributed by atoms with Crippen LogP contribution in [0.25, 0.3) is 10.9 Å². The van der Waals surface area contributed by atoms with Crippen LogP contribution in [0.1, 0.15) is 22.1 Å². The van der Waals surface area contributed by atoms with Crippen LogP contribution in [0.4, 0.5) is 0 Å². The Balaban J connectivity index is 0.00000225. The van der Waals surface area contributed by atoms with E-state index in [-0.39, 0.29) is 35.5 Å². The molecule has 1 saturated heterocycles. The van der Waals surface area contributed by atoms with Crippen LogP contribution < -0.4 is 10.7 Å². The van der Waals surface area contributed by atoms with Gasteiger partial charge in [-0.25, -0.2) is 0 Å². The van der Waals surface area contributed by atoms with E-state index in [1.165, 1.54) is 0 Å². The molecule has 0 spiro atoms. The number of para-hydroxylation sites is 1. The molecule has 1 aliphatic rings. The maximum atomic E-state index is 13.3. The fraction of sp³-hybridized carbons (Fsp3) is 0.250. The van der Waals surface area contributed by atoms with Crippen LogP contribution in [0, 0.1) is 0 Å². The van der Waals surface area contributed by atoms with Crippen LogP contribution in [0.2, 0.25) is 5.02 Å². The zero-order valence-corrected chi connectivity index (χ0v) is 16.8. The van der Waals surface area contributed by atoms with Gasteiger partial charge < -0.3 is 10.2 Å². The number of halogens is 2. The van der Waals surface area contributed by atoms with E-state index < -0.39 is 0 Å². The summed E-state index contributed by atoms with van der Waals surface area (Å²) in [6, 6.07) is 14.4. The third kappa shape index (κ3) is 3.63. The number of nitrogens with one attached hydrogen (secondary N) is 1. The molecule has 1 fully saturated rings. The highest BCUT2D eigenvalue weighted by atomic mass is 35.5. The lowest BCUT2D eigenvalue weighted by Gasteiger charge is -2.36. The maximum absolute atomic E-state index is 13.3. The Kier molecular flexibility index (Phi) is 6.03. The van der Waals surface area contributed by atoms with Gasteiger partial charge >= 0.3 is 0 Å². The molecule has 1 aliphatic heterocycles. The number of hydrogen-bond acceptors (Lipinski definition) is 4. The number of carbonyl (C=O) groups is 1. The summed E-state index contributed by atoms with van der Waals surface area (Å²) in [6.45, 7) is 1.75. The molecule has 1 aromatic heterocycles. The van der Waals surface area contributed by atoms with Crippen molar-refractivity contribution in [1.29, 1.82) is 0 Å². The highest BCUT2D eigenvalue weighted by molar-refractivity contribution is 6.30. The van der Waals surface area contributed by atoms with Crippen molar-refractivity contribution in [3.8, 4) is 0 Å². The van der Waals surface area contributed by atoms with E-state index in [1.807, 2.05) is 30.3 Å². The van der Waals surface area contributed by atoms with Crippen molar-refractivity contribution >= 4 is 40.8 Å². The lowest BCUT2D eigenvalue weighted by Crippen LogP contribution is -2.50. The highest BCUT2D eigenvalue weighted by Gasteiger charge is 2.31. The molecular formula is C20H20Cl2N4O2. The fourth-order valence-corrected chi connectivity index (χ4v) is 3.76. The van der Waals surface area contributed by atoms with E-state index in [0.717, 1.165) is 5.56 Å². The second-order valence-electron chi connectivity index (χ2n) is 6.59. The molecule has 2 heterocycles. The second-order valence-corrected chi connectivity index (χ2v) is 7.03. The molecule has 1 atom stereocenters. The Labute approximate surface area is 173 Å². The van der Waals surface area contributed by atoms with Crippen LogP contribution in [-0.2, 0) is 7.05 Å². The van der Waals surface area contributed by atoms with Gasteiger partial charge in [0.2, 0.25) is 5.43 Å². The topological polar surface area (TPSA) is 67.2 Å². The number of benzene rings is 2. The molecule has 0 bridgehead atoms. The van der Waals surface area contributed by atoms with E-state index in [0.29, 0.717) is 35.6 Å². The van der Waals surface area contributed by atoms with Crippen LogP contribution in [0.5, 0.6) is 0 Å². The minimum Gasteiger partial charge on any atom is -0.328 e. The largest absolute Gasteiger partial charge is 0.328 e. The van der Waals surface area contributed by atoms with Crippen LogP contribution in [0.3, 0.4) is 0 Å². The predicted octanol–water partition coefficient (Wildman–Crippen LogP) is 2.80. The second kappa shape index (κ2) is 8.31. The SMILES string of the molecule is Cl.Cn1nc(C(=O)N2CCNCC2c2cccc(Cl)c2)c(=O)c2ccccc21. The summed E-state index contributed by atoms with van der Waals surface area (Å²) in [5, 5.41) is 8.70. The van der Waals surface area contributed by atoms with E-state index in [9.17, 15) is 9.59 Å². The number of nitrogens with zero attached hydrogens (tertiary/aromatic N) is 3. The van der Waals surface area contributed by atoms with Crippen molar-refractivity contribution in [3.05, 3.63) is 75.0 Å². The van der Waals surface area contributed by atoms with Gasteiger partial charge in [-0.3, -0.25) is 14.3 Å². The summed E-state index contributed by atoms with van der Waals surface area (Å²) in [5.74, 6) is -0.354. The molecule has 6 nitrogen and oxygen atoms in total. The summed E-state index contributed by atoms with van der Waals surface area (Å²) in [5.41, 5.74) is 1.24. The first-order valence-electron chi connectivity index (χ1n) is 8.79. The average Bonchev–Trinajstić information content (AvgIpc) is 2.70. The Morgan fingerprint density at radius 1 is 1.21 bits per heavy atom. The number of carbonyl (C=O) groups excluding carboxylic acids is 1. The van der Waals surface area contributed by atoms with Crippen molar-refractivity contribution in [3.63, 3.8) is 0 Å². The number of fused-ring (bicyclic) bond motifs is 1. The average molecular weight is 419 g/mol. The molecule has 28 heavy (non-hydrogen) atoms. The van der Waals surface area contributed by atoms with E-state index in [2.05, 4.69) is 10.4 Å². The van der Waals surface area contributed by atoms with Crippen molar-refractivity contribution in [1.82, 2.24) is 20.0 Å². The van der Waals surface area contributed by atoms with Gasteiger partial charge in [0, 0.05) is 37.1 Å². The third-order valence-electron chi connectivity index (χ3n) is 4.90. The lowest BCUT2D eigenvalue weighted by atomic mass is 10.0. The maximum Gasteiger partial charge on any atom is 0.279 e. The van der Waals surface area contributed by atoms with Crippen molar-refractivity contribution in [2.24, 2.45) is 7.05 Å². The summed E-state index contributed by atoms with van der Waals surface area (Å²) >= 11 is 6.13. The van der Waals surface area contributed by atoms with Crippen molar-refractivity contribution < 1.29 is 4.79 Å². The quantitative estimate of drug-likeness (QED) is 0.694. The molecule has 4 rings (SSSR count). The predicted molar refractivity (Wildman–Crippen MR) is 112 cm³/mol. The monoisotopic (exact) mass is 418 g/mol. The lowest BCUT2D eigenvalue weighted by molar-refractivity contribution is 0.0624. The molecule has 146 valence electrons. The van der Waals surface area contributed by atoms with Gasteiger partial charge in [-0.15, -0.1) is 12.4 Å². The highest BCUT2D eigenvalue weighted by Crippen LogP contribution is 2.25. The summed E-state index contributed by atoms with van der Waals surface area (Å²) < 4.78 is 1.58. The summed E-state index contributed by atoms with van der Waals surface area (Å²) in [4.78, 5) is 27.9. The van der Waals surface area contributed by atoms with Gasteiger partial charge in [0.05, 0.1) is 11.6 Å². The van der Waals surface area contributed by atoms with Crippen molar-refractivity contribution in [2.75, 3.05) is 19.6 Å². The molecule has 1 unspecified atom stereocenters. The minimum atomic E-state index is -0.354. The fourth-order valence-electron chi connectivity index (χ4n) is 3.56. The Morgan fingerprint density at radius 2 is 2.00 bits per heavy atom. The minimum absolute atomic E-state index is 0. The molecule has 2 aromatic carbocycles. The van der Waals surface area contributed by atoms with Gasteiger partial charge in [-0.1, -0.05) is 35.9 Å². The van der Waals surface area contributed by atoms with Crippen LogP contribution >= 0.6 is 24.0 Å². The van der Waals surface area contributed by atoms with E-state index in [4.69, 9.17) is 11.6 Å². The Morgan fingerprint density at radius 3 is 2.79 bits per heavy atom. The number of aromatic nitrogens is 2. The Bertz CT molecular complexity index is 1080.